The standard InChI is InChI=1S/C14H9N5O5/c20-8-17(9-4-2-1-3-5-9)14-11(19(23)24)6-10(18(21)22)12-13(14)16-7-15-12/h1-6,8H,7H2. The number of anilines is 2. The third-order valence-corrected chi connectivity index (χ3v) is 3.44. The normalized spacial score (nSPS) is 11.8. The predicted octanol–water partition coefficient (Wildman–Crippen LogP) is 1.01. The summed E-state index contributed by atoms with van der Waals surface area (Å²) >= 11 is 0. The van der Waals surface area contributed by atoms with E-state index in [1.54, 1.807) is 30.3 Å². The van der Waals surface area contributed by atoms with Gasteiger partial charge in [0.15, 0.2) is 11.0 Å². The molecule has 0 aliphatic carbocycles. The van der Waals surface area contributed by atoms with Gasteiger partial charge in [0.2, 0.25) is 6.41 Å². The fourth-order valence-corrected chi connectivity index (χ4v) is 2.45. The molecule has 0 saturated heterocycles. The molecule has 0 aromatic heterocycles. The van der Waals surface area contributed by atoms with Crippen molar-refractivity contribution in [2.45, 2.75) is 0 Å². The van der Waals surface area contributed by atoms with Gasteiger partial charge in [-0.2, -0.15) is 0 Å². The first-order chi connectivity index (χ1) is 11.5. The topological polar surface area (TPSA) is 131 Å². The van der Waals surface area contributed by atoms with E-state index in [9.17, 15) is 25.0 Å². The van der Waals surface area contributed by atoms with Crippen molar-refractivity contribution in [2.24, 2.45) is 9.98 Å². The van der Waals surface area contributed by atoms with E-state index >= 15 is 0 Å². The summed E-state index contributed by atoms with van der Waals surface area (Å²) in [6.07, 6.45) is 0.400. The van der Waals surface area contributed by atoms with Gasteiger partial charge in [0.05, 0.1) is 15.9 Å². The molecule has 1 aliphatic heterocycles. The molecular weight excluding hydrogens is 318 g/mol. The summed E-state index contributed by atoms with van der Waals surface area (Å²) in [7, 11) is 0. The monoisotopic (exact) mass is 327 g/mol. The highest BCUT2D eigenvalue weighted by atomic mass is 16.6. The molecule has 0 fully saturated rings. The van der Waals surface area contributed by atoms with Crippen molar-refractivity contribution in [2.75, 3.05) is 11.6 Å². The van der Waals surface area contributed by atoms with Crippen LogP contribution in [0.5, 0.6) is 0 Å². The van der Waals surface area contributed by atoms with Crippen LogP contribution in [0.3, 0.4) is 0 Å². The number of para-hydroxylation sites is 1. The zero-order valence-corrected chi connectivity index (χ0v) is 12.0. The average molecular weight is 327 g/mol. The molecule has 0 saturated carbocycles. The molecule has 2 aromatic carbocycles. The number of amides is 1. The second-order valence-electron chi connectivity index (χ2n) is 4.74. The highest BCUT2D eigenvalue weighted by Crippen LogP contribution is 2.31. The first kappa shape index (κ1) is 15.2. The van der Waals surface area contributed by atoms with Crippen molar-refractivity contribution in [3.8, 4) is 0 Å². The Labute approximate surface area is 133 Å². The zero-order valence-electron chi connectivity index (χ0n) is 12.0. The molecule has 2 aromatic rings. The fourth-order valence-electron chi connectivity index (χ4n) is 2.45. The van der Waals surface area contributed by atoms with E-state index < -0.39 is 21.2 Å². The minimum atomic E-state index is -0.782. The van der Waals surface area contributed by atoms with Gasteiger partial charge in [-0.15, -0.1) is 0 Å². The van der Waals surface area contributed by atoms with E-state index in [1.807, 2.05) is 0 Å². The Morgan fingerprint density at radius 2 is 1.62 bits per heavy atom. The van der Waals surface area contributed by atoms with Crippen LogP contribution in [0.15, 0.2) is 46.4 Å². The third kappa shape index (κ3) is 2.35. The van der Waals surface area contributed by atoms with E-state index in [0.717, 1.165) is 11.0 Å². The van der Waals surface area contributed by atoms with Crippen LogP contribution in [-0.4, -0.2) is 22.9 Å². The lowest BCUT2D eigenvalue weighted by atomic mass is 10.1. The van der Waals surface area contributed by atoms with Gasteiger partial charge in [-0.05, 0) is 12.1 Å². The number of benzene rings is 2. The Morgan fingerprint density at radius 3 is 2.21 bits per heavy atom. The van der Waals surface area contributed by atoms with Crippen LogP contribution in [0, 0.1) is 20.2 Å². The second-order valence-corrected chi connectivity index (χ2v) is 4.74. The Hall–Kier alpha value is -3.69. The number of carbonyl (C=O) groups is 1. The number of hydrogen-bond donors (Lipinski definition) is 0. The van der Waals surface area contributed by atoms with Crippen molar-refractivity contribution in [1.82, 2.24) is 0 Å². The van der Waals surface area contributed by atoms with Crippen LogP contribution < -0.4 is 15.6 Å². The number of fused-ring (bicyclic) bond motifs is 1. The third-order valence-electron chi connectivity index (χ3n) is 3.44. The van der Waals surface area contributed by atoms with Gasteiger partial charge >= 0.3 is 11.4 Å². The van der Waals surface area contributed by atoms with Crippen molar-refractivity contribution >= 4 is 29.2 Å². The number of rotatable bonds is 5. The van der Waals surface area contributed by atoms with Crippen LogP contribution in [0.1, 0.15) is 0 Å². The molecule has 1 aliphatic rings. The van der Waals surface area contributed by atoms with Crippen LogP contribution in [0.4, 0.5) is 22.7 Å². The molecule has 10 heteroatoms. The molecule has 3 rings (SSSR count). The Balaban J connectivity index is 2.39. The van der Waals surface area contributed by atoms with Crippen LogP contribution >= 0.6 is 0 Å². The molecule has 0 radical (unpaired) electrons. The van der Waals surface area contributed by atoms with E-state index in [-0.39, 0.29) is 23.1 Å². The Morgan fingerprint density at radius 1 is 1.00 bits per heavy atom. The minimum absolute atomic E-state index is 0.0353. The molecular formula is C14H9N5O5. The molecule has 24 heavy (non-hydrogen) atoms. The van der Waals surface area contributed by atoms with Gasteiger partial charge in [0.1, 0.15) is 12.0 Å². The predicted molar refractivity (Wildman–Crippen MR) is 81.6 cm³/mol. The van der Waals surface area contributed by atoms with Crippen LogP contribution in [0.25, 0.3) is 0 Å². The summed E-state index contributed by atoms with van der Waals surface area (Å²) in [6, 6.07) is 9.00. The smallest absolute Gasteiger partial charge is 0.278 e. The Bertz CT molecular complexity index is 973. The maximum absolute atomic E-state index is 11.6. The minimum Gasteiger partial charge on any atom is -0.278 e. The number of nitro groups is 2. The lowest BCUT2D eigenvalue weighted by molar-refractivity contribution is -0.394. The van der Waals surface area contributed by atoms with Crippen LogP contribution in [-0.2, 0) is 4.79 Å². The number of hydrogen-bond acceptors (Lipinski definition) is 7. The van der Waals surface area contributed by atoms with E-state index in [4.69, 9.17) is 0 Å². The lowest BCUT2D eigenvalue weighted by Gasteiger charge is -2.17. The summed E-state index contributed by atoms with van der Waals surface area (Å²) in [5.74, 6) is 0. The molecule has 0 atom stereocenters. The summed E-state index contributed by atoms with van der Waals surface area (Å²) in [5, 5.41) is 22.5. The fraction of sp³-hybridized carbons (Fsp3) is 0.0714. The average Bonchev–Trinajstić information content (AvgIpc) is 3.05. The van der Waals surface area contributed by atoms with Crippen molar-refractivity contribution < 1.29 is 14.6 Å². The quantitative estimate of drug-likeness (QED) is 0.459. The molecule has 1 heterocycles. The summed E-state index contributed by atoms with van der Waals surface area (Å²) < 4.78 is 0. The van der Waals surface area contributed by atoms with Gasteiger partial charge in [0, 0.05) is 5.69 Å². The van der Waals surface area contributed by atoms with Gasteiger partial charge in [-0.25, -0.2) is 0 Å². The van der Waals surface area contributed by atoms with Crippen LogP contribution in [0.2, 0.25) is 0 Å². The second kappa shape index (κ2) is 5.83. The first-order valence-corrected chi connectivity index (χ1v) is 6.69. The van der Waals surface area contributed by atoms with Gasteiger partial charge in [-0.1, -0.05) is 18.2 Å². The number of nitrogens with zero attached hydrogens (tertiary/aromatic N) is 5. The molecule has 1 amide bonds. The highest BCUT2D eigenvalue weighted by Gasteiger charge is 2.30. The summed E-state index contributed by atoms with van der Waals surface area (Å²) in [4.78, 5) is 41.6. The maximum atomic E-state index is 11.6. The van der Waals surface area contributed by atoms with E-state index in [2.05, 4.69) is 9.98 Å². The van der Waals surface area contributed by atoms with Crippen molar-refractivity contribution in [1.29, 1.82) is 0 Å². The molecule has 0 spiro atoms. The zero-order chi connectivity index (χ0) is 17.3. The largest absolute Gasteiger partial charge is 0.303 e. The molecule has 0 N–H and O–H groups in total. The summed E-state index contributed by atoms with van der Waals surface area (Å²) in [6.45, 7) is -0.0914. The van der Waals surface area contributed by atoms with Crippen molar-refractivity contribution in [3.63, 3.8) is 0 Å². The van der Waals surface area contributed by atoms with Gasteiger partial charge in [0.25, 0.3) is 0 Å². The SMILES string of the molecule is O=CN(c1ccccc1)c1c([N+](=O)[O-])cc([N+](=O)[O-])c2c1=NCN=2. The molecule has 120 valence electrons. The lowest BCUT2D eigenvalue weighted by Crippen LogP contribution is -2.33. The summed E-state index contributed by atoms with van der Waals surface area (Å²) in [5.41, 5.74) is -0.866. The number of nitro benzene ring substituents is 2. The highest BCUT2D eigenvalue weighted by molar-refractivity contribution is 5.90. The molecule has 0 bridgehead atoms. The number of carbonyl (C=O) groups excluding carboxylic acids is 1. The maximum Gasteiger partial charge on any atom is 0.303 e. The first-order valence-electron chi connectivity index (χ1n) is 6.69. The number of non-ortho nitro benzene ring substituents is 1. The van der Waals surface area contributed by atoms with Gasteiger partial charge in [-0.3, -0.25) is 39.9 Å². The van der Waals surface area contributed by atoms with E-state index in [0.29, 0.717) is 12.1 Å². The molecule has 10 nitrogen and oxygen atoms in total. The molecule has 0 unspecified atom stereocenters. The van der Waals surface area contributed by atoms with Crippen molar-refractivity contribution in [3.05, 3.63) is 67.3 Å². The Kier molecular flexibility index (Phi) is 3.70. The van der Waals surface area contributed by atoms with E-state index in [1.165, 1.54) is 0 Å². The van der Waals surface area contributed by atoms with Gasteiger partial charge < -0.3 is 0 Å².